The van der Waals surface area contributed by atoms with Gasteiger partial charge in [-0.1, -0.05) is 36.4 Å². The van der Waals surface area contributed by atoms with E-state index < -0.39 is 0 Å². The van der Waals surface area contributed by atoms with Gasteiger partial charge in [-0.15, -0.1) is 0 Å². The smallest absolute Gasteiger partial charge is 0.311 e. The third-order valence-corrected chi connectivity index (χ3v) is 7.79. The van der Waals surface area contributed by atoms with Crippen LogP contribution < -0.4 is 4.90 Å². The Labute approximate surface area is 201 Å². The summed E-state index contributed by atoms with van der Waals surface area (Å²) in [5.74, 6) is 0.701. The lowest BCUT2D eigenvalue weighted by Crippen LogP contribution is -2.55. The van der Waals surface area contributed by atoms with Crippen molar-refractivity contribution >= 4 is 11.7 Å². The summed E-state index contributed by atoms with van der Waals surface area (Å²) >= 11 is 0. The maximum Gasteiger partial charge on any atom is 0.325 e. The summed E-state index contributed by atoms with van der Waals surface area (Å²) in [5.41, 5.74) is 2.72. The highest BCUT2D eigenvalue weighted by Gasteiger charge is 2.54. The van der Waals surface area contributed by atoms with E-state index in [4.69, 9.17) is 0 Å². The van der Waals surface area contributed by atoms with E-state index in [-0.39, 0.29) is 17.1 Å². The third-order valence-electron chi connectivity index (χ3n) is 7.79. The Morgan fingerprint density at radius 1 is 0.912 bits per heavy atom. The standard InChI is InChI=1S/C27H32N6O/c1-21-29-17-24(18-30-21)32-20-26(33(25(32)34)19-23-11-7-8-16-28-23)12-14-27(15-13-26,31(2)3)22-9-5-4-6-10-22/h4-11,16-18H,12-15,19-20H2,1-3H3. The van der Waals surface area contributed by atoms with Crippen LogP contribution in [0.1, 0.15) is 42.8 Å². The molecule has 0 atom stereocenters. The molecule has 2 amide bonds. The topological polar surface area (TPSA) is 65.5 Å². The number of aromatic nitrogens is 3. The van der Waals surface area contributed by atoms with Crippen LogP contribution in [0.3, 0.4) is 0 Å². The van der Waals surface area contributed by atoms with E-state index >= 15 is 0 Å². The van der Waals surface area contributed by atoms with Gasteiger partial charge in [0.1, 0.15) is 5.82 Å². The van der Waals surface area contributed by atoms with Crippen molar-refractivity contribution in [3.8, 4) is 0 Å². The van der Waals surface area contributed by atoms with E-state index in [2.05, 4.69) is 69.2 Å². The number of amides is 2. The number of hydrogen-bond donors (Lipinski definition) is 0. The first-order valence-electron chi connectivity index (χ1n) is 11.9. The fourth-order valence-corrected chi connectivity index (χ4v) is 5.71. The zero-order valence-electron chi connectivity index (χ0n) is 20.2. The molecule has 1 aliphatic carbocycles. The summed E-state index contributed by atoms with van der Waals surface area (Å²) in [6, 6.07) is 16.7. The van der Waals surface area contributed by atoms with Gasteiger partial charge in [0.2, 0.25) is 0 Å². The number of carbonyl (C=O) groups is 1. The van der Waals surface area contributed by atoms with Crippen molar-refractivity contribution in [2.75, 3.05) is 25.5 Å². The van der Waals surface area contributed by atoms with E-state index in [0.29, 0.717) is 18.9 Å². The van der Waals surface area contributed by atoms with Gasteiger partial charge in [-0.05, 0) is 64.4 Å². The van der Waals surface area contributed by atoms with E-state index in [1.807, 2.05) is 30.0 Å². The van der Waals surface area contributed by atoms with Crippen LogP contribution in [0.25, 0.3) is 0 Å². The second kappa shape index (κ2) is 8.80. The molecule has 3 aromatic rings. The molecule has 1 spiro atoms. The van der Waals surface area contributed by atoms with Gasteiger partial charge in [0.05, 0.1) is 42.4 Å². The second-order valence-corrected chi connectivity index (χ2v) is 9.78. The molecule has 2 fully saturated rings. The fourth-order valence-electron chi connectivity index (χ4n) is 5.71. The van der Waals surface area contributed by atoms with Gasteiger partial charge >= 0.3 is 6.03 Å². The van der Waals surface area contributed by atoms with Crippen molar-refractivity contribution in [2.24, 2.45) is 0 Å². The van der Waals surface area contributed by atoms with Crippen LogP contribution in [0.2, 0.25) is 0 Å². The first kappa shape index (κ1) is 22.5. The van der Waals surface area contributed by atoms with Gasteiger partial charge in [-0.3, -0.25) is 14.8 Å². The Kier molecular flexibility index (Phi) is 5.81. The van der Waals surface area contributed by atoms with Gasteiger partial charge < -0.3 is 4.90 Å². The molecule has 2 aromatic heterocycles. The van der Waals surface area contributed by atoms with Gasteiger partial charge in [-0.25, -0.2) is 14.8 Å². The van der Waals surface area contributed by atoms with E-state index in [1.165, 1.54) is 5.56 Å². The van der Waals surface area contributed by atoms with E-state index in [0.717, 1.165) is 37.1 Å². The Hall–Kier alpha value is -3.32. The van der Waals surface area contributed by atoms with Crippen LogP contribution in [0.15, 0.2) is 67.1 Å². The van der Waals surface area contributed by atoms with Gasteiger partial charge in [-0.2, -0.15) is 0 Å². The highest BCUT2D eigenvalue weighted by atomic mass is 16.2. The molecule has 176 valence electrons. The molecule has 1 saturated carbocycles. The van der Waals surface area contributed by atoms with Gasteiger partial charge in [0.25, 0.3) is 0 Å². The average Bonchev–Trinajstić information content (AvgIpc) is 3.12. The second-order valence-electron chi connectivity index (χ2n) is 9.78. The molecular weight excluding hydrogens is 424 g/mol. The molecule has 5 rings (SSSR count). The largest absolute Gasteiger partial charge is 0.325 e. The fraction of sp³-hybridized carbons (Fsp3) is 0.407. The van der Waals surface area contributed by atoms with Crippen LogP contribution >= 0.6 is 0 Å². The highest BCUT2D eigenvalue weighted by Crippen LogP contribution is 2.49. The number of carbonyl (C=O) groups excluding carboxylic acids is 1. The first-order valence-corrected chi connectivity index (χ1v) is 11.9. The molecule has 34 heavy (non-hydrogen) atoms. The van der Waals surface area contributed by atoms with Crippen molar-refractivity contribution in [3.05, 3.63) is 84.2 Å². The SMILES string of the molecule is Cc1ncc(N2CC3(CCC(c4ccccc4)(N(C)C)CC3)N(Cc3ccccn3)C2=O)cn1. The number of urea groups is 1. The summed E-state index contributed by atoms with van der Waals surface area (Å²) in [4.78, 5) is 33.3. The normalized spacial score (nSPS) is 24.9. The first-order chi connectivity index (χ1) is 16.4. The van der Waals surface area contributed by atoms with Crippen LogP contribution in [0.4, 0.5) is 10.5 Å². The summed E-state index contributed by atoms with van der Waals surface area (Å²) in [6.07, 6.45) is 9.11. The van der Waals surface area contributed by atoms with Crippen molar-refractivity contribution in [2.45, 2.75) is 50.2 Å². The lowest BCUT2D eigenvalue weighted by molar-refractivity contribution is 0.0234. The van der Waals surface area contributed by atoms with Crippen molar-refractivity contribution < 1.29 is 4.79 Å². The van der Waals surface area contributed by atoms with Crippen molar-refractivity contribution in [3.63, 3.8) is 0 Å². The molecule has 0 bridgehead atoms. The molecule has 3 heterocycles. The zero-order valence-corrected chi connectivity index (χ0v) is 20.2. The number of hydrogen-bond acceptors (Lipinski definition) is 5. The lowest BCUT2D eigenvalue weighted by Gasteiger charge is -2.51. The Morgan fingerprint density at radius 3 is 2.21 bits per heavy atom. The average molecular weight is 457 g/mol. The highest BCUT2D eigenvalue weighted by molar-refractivity contribution is 5.95. The number of aryl methyl sites for hydroxylation is 1. The Balaban J connectivity index is 1.48. The van der Waals surface area contributed by atoms with Gasteiger partial charge in [0.15, 0.2) is 0 Å². The number of nitrogens with zero attached hydrogens (tertiary/aromatic N) is 6. The molecule has 1 aliphatic heterocycles. The number of anilines is 1. The minimum absolute atomic E-state index is 0.00942. The van der Waals surface area contributed by atoms with Crippen molar-refractivity contribution in [1.82, 2.24) is 24.8 Å². The minimum Gasteiger partial charge on any atom is -0.311 e. The lowest BCUT2D eigenvalue weighted by atomic mass is 9.68. The van der Waals surface area contributed by atoms with Gasteiger partial charge in [0, 0.05) is 11.7 Å². The number of pyridine rings is 1. The van der Waals surface area contributed by atoms with Crippen LogP contribution in [0.5, 0.6) is 0 Å². The maximum absolute atomic E-state index is 13.8. The maximum atomic E-state index is 13.8. The molecule has 1 aromatic carbocycles. The number of rotatable bonds is 5. The minimum atomic E-state index is -0.256. The zero-order chi connectivity index (χ0) is 23.8. The summed E-state index contributed by atoms with van der Waals surface area (Å²) in [5, 5.41) is 0. The summed E-state index contributed by atoms with van der Waals surface area (Å²) in [7, 11) is 4.35. The molecule has 0 unspecified atom stereocenters. The van der Waals surface area contributed by atoms with Crippen LogP contribution in [-0.2, 0) is 12.1 Å². The molecule has 0 N–H and O–H groups in total. The Bertz CT molecular complexity index is 1120. The molecule has 0 radical (unpaired) electrons. The quantitative estimate of drug-likeness (QED) is 0.570. The Morgan fingerprint density at radius 2 is 1.59 bits per heavy atom. The summed E-state index contributed by atoms with van der Waals surface area (Å²) in [6.45, 7) is 3.00. The van der Waals surface area contributed by atoms with Crippen LogP contribution in [-0.4, -0.2) is 57.0 Å². The predicted molar refractivity (Wildman–Crippen MR) is 132 cm³/mol. The monoisotopic (exact) mass is 456 g/mol. The third kappa shape index (κ3) is 3.84. The van der Waals surface area contributed by atoms with Crippen LogP contribution in [0, 0.1) is 6.92 Å². The molecule has 7 heteroatoms. The van der Waals surface area contributed by atoms with E-state index in [1.54, 1.807) is 18.6 Å². The molecule has 1 saturated heterocycles. The molecule has 7 nitrogen and oxygen atoms in total. The van der Waals surface area contributed by atoms with E-state index in [9.17, 15) is 4.79 Å². The summed E-state index contributed by atoms with van der Waals surface area (Å²) < 4.78 is 0. The predicted octanol–water partition coefficient (Wildman–Crippen LogP) is 4.39. The number of benzene rings is 1. The molecule has 2 aliphatic rings. The molecular formula is C27H32N6O. The van der Waals surface area contributed by atoms with Crippen molar-refractivity contribution in [1.29, 1.82) is 0 Å².